The second kappa shape index (κ2) is 7.55. The molecule has 1 aromatic carbocycles. The first-order valence-corrected chi connectivity index (χ1v) is 8.42. The van der Waals surface area contributed by atoms with E-state index in [1.807, 2.05) is 27.7 Å². The van der Waals surface area contributed by atoms with Crippen LogP contribution < -0.4 is 16.0 Å². The fourth-order valence-electron chi connectivity index (χ4n) is 2.63. The highest BCUT2D eigenvalue weighted by Crippen LogP contribution is 2.15. The number of benzene rings is 1. The van der Waals surface area contributed by atoms with E-state index >= 15 is 0 Å². The van der Waals surface area contributed by atoms with Crippen molar-refractivity contribution in [2.24, 2.45) is 0 Å². The highest BCUT2D eigenvalue weighted by atomic mass is 16.2. The average molecular weight is 346 g/mol. The summed E-state index contributed by atoms with van der Waals surface area (Å²) in [5.41, 5.74) is 0.688. The molecule has 1 atom stereocenters. The van der Waals surface area contributed by atoms with Gasteiger partial charge in [-0.15, -0.1) is 0 Å². The molecule has 25 heavy (non-hydrogen) atoms. The summed E-state index contributed by atoms with van der Waals surface area (Å²) in [5.74, 6) is -0.245. The molecule has 7 heteroatoms. The van der Waals surface area contributed by atoms with Crippen molar-refractivity contribution < 1.29 is 14.4 Å². The highest BCUT2D eigenvalue weighted by molar-refractivity contribution is 5.97. The lowest BCUT2D eigenvalue weighted by molar-refractivity contribution is -0.121. The first-order valence-electron chi connectivity index (χ1n) is 8.42. The predicted octanol–water partition coefficient (Wildman–Crippen LogP) is 1.96. The molecule has 1 saturated heterocycles. The summed E-state index contributed by atoms with van der Waals surface area (Å²) in [6, 6.07) is 6.34. The van der Waals surface area contributed by atoms with E-state index in [9.17, 15) is 14.4 Å². The van der Waals surface area contributed by atoms with Crippen LogP contribution in [0.1, 0.15) is 44.5 Å². The molecular formula is C18H26N4O3. The minimum Gasteiger partial charge on any atom is -0.354 e. The maximum absolute atomic E-state index is 12.5. The van der Waals surface area contributed by atoms with Crippen molar-refractivity contribution >= 4 is 23.5 Å². The minimum atomic E-state index is -0.336. The molecule has 0 bridgehead atoms. The van der Waals surface area contributed by atoms with Crippen molar-refractivity contribution in [3.8, 4) is 0 Å². The largest absolute Gasteiger partial charge is 0.354 e. The van der Waals surface area contributed by atoms with Gasteiger partial charge >= 0.3 is 6.03 Å². The van der Waals surface area contributed by atoms with Crippen LogP contribution in [0.2, 0.25) is 0 Å². The quantitative estimate of drug-likeness (QED) is 0.764. The first kappa shape index (κ1) is 18.8. The molecular weight excluding hydrogens is 320 g/mol. The number of nitrogens with zero attached hydrogens (tertiary/aromatic N) is 1. The average Bonchev–Trinajstić information content (AvgIpc) is 2.66. The molecule has 1 unspecified atom stereocenters. The summed E-state index contributed by atoms with van der Waals surface area (Å²) in [7, 11) is 0. The highest BCUT2D eigenvalue weighted by Gasteiger charge is 2.25. The van der Waals surface area contributed by atoms with Gasteiger partial charge < -0.3 is 20.9 Å². The zero-order chi connectivity index (χ0) is 18.6. The third-order valence-corrected chi connectivity index (χ3v) is 3.81. The van der Waals surface area contributed by atoms with E-state index in [0.717, 1.165) is 0 Å². The second-order valence-corrected chi connectivity index (χ2v) is 7.31. The third kappa shape index (κ3) is 5.48. The molecule has 0 aromatic heterocycles. The summed E-state index contributed by atoms with van der Waals surface area (Å²) >= 11 is 0. The fourth-order valence-corrected chi connectivity index (χ4v) is 2.63. The van der Waals surface area contributed by atoms with Gasteiger partial charge in [-0.2, -0.15) is 0 Å². The van der Waals surface area contributed by atoms with Crippen LogP contribution in [0.15, 0.2) is 24.3 Å². The summed E-state index contributed by atoms with van der Waals surface area (Å²) in [4.78, 5) is 37.9. The Morgan fingerprint density at radius 3 is 2.68 bits per heavy atom. The molecule has 3 N–H and O–H groups in total. The van der Waals surface area contributed by atoms with Crippen LogP contribution >= 0.6 is 0 Å². The van der Waals surface area contributed by atoms with Gasteiger partial charge in [0, 0.05) is 42.3 Å². The van der Waals surface area contributed by atoms with E-state index in [4.69, 9.17) is 0 Å². The molecule has 1 aliphatic rings. The van der Waals surface area contributed by atoms with Gasteiger partial charge in [0.2, 0.25) is 5.91 Å². The smallest absolute Gasteiger partial charge is 0.322 e. The Morgan fingerprint density at radius 2 is 2.00 bits per heavy atom. The molecule has 0 saturated carbocycles. The van der Waals surface area contributed by atoms with Crippen LogP contribution in [0.4, 0.5) is 10.5 Å². The van der Waals surface area contributed by atoms with E-state index in [2.05, 4.69) is 16.0 Å². The Hall–Kier alpha value is -2.57. The van der Waals surface area contributed by atoms with E-state index < -0.39 is 0 Å². The lowest BCUT2D eigenvalue weighted by Gasteiger charge is -2.26. The number of carbonyl (C=O) groups excluding carboxylic acids is 3. The van der Waals surface area contributed by atoms with Crippen LogP contribution in [0, 0.1) is 0 Å². The van der Waals surface area contributed by atoms with Gasteiger partial charge in [0.1, 0.15) is 0 Å². The molecule has 2 rings (SSSR count). The lowest BCUT2D eigenvalue weighted by Crippen LogP contribution is -2.42. The summed E-state index contributed by atoms with van der Waals surface area (Å²) < 4.78 is 0. The molecule has 136 valence electrons. The van der Waals surface area contributed by atoms with Crippen molar-refractivity contribution in [3.05, 3.63) is 29.8 Å². The molecule has 7 nitrogen and oxygen atoms in total. The molecule has 1 aromatic rings. The normalized spacial score (nSPS) is 18.2. The first-order chi connectivity index (χ1) is 11.7. The Labute approximate surface area is 148 Å². The number of rotatable bonds is 2. The van der Waals surface area contributed by atoms with Crippen LogP contribution in [-0.2, 0) is 4.79 Å². The zero-order valence-corrected chi connectivity index (χ0v) is 15.2. The van der Waals surface area contributed by atoms with E-state index in [1.54, 1.807) is 29.2 Å². The van der Waals surface area contributed by atoms with Gasteiger partial charge in [-0.05, 0) is 45.9 Å². The zero-order valence-electron chi connectivity index (χ0n) is 15.2. The van der Waals surface area contributed by atoms with Crippen molar-refractivity contribution in [3.63, 3.8) is 0 Å². The van der Waals surface area contributed by atoms with Crippen molar-refractivity contribution in [1.29, 1.82) is 0 Å². The molecule has 1 aliphatic heterocycles. The monoisotopic (exact) mass is 346 g/mol. The molecule has 1 heterocycles. The Morgan fingerprint density at radius 1 is 1.28 bits per heavy atom. The van der Waals surface area contributed by atoms with Gasteiger partial charge in [0.25, 0.3) is 5.91 Å². The van der Waals surface area contributed by atoms with E-state index in [-0.39, 0.29) is 35.8 Å². The lowest BCUT2D eigenvalue weighted by atomic mass is 10.1. The second-order valence-electron chi connectivity index (χ2n) is 7.31. The van der Waals surface area contributed by atoms with Crippen LogP contribution in [0.5, 0.6) is 0 Å². The van der Waals surface area contributed by atoms with Crippen LogP contribution in [-0.4, -0.2) is 47.4 Å². The number of anilines is 1. The maximum Gasteiger partial charge on any atom is 0.322 e. The standard InChI is InChI=1S/C18H26N4O3/c1-12-10-15(23)19-8-9-22(12)17(25)20-14-7-5-6-13(11-14)16(24)21-18(2,3)4/h5-7,11-12H,8-10H2,1-4H3,(H,19,23)(H,20,25)(H,21,24). The number of amides is 4. The minimum absolute atomic E-state index is 0.0522. The summed E-state index contributed by atoms with van der Waals surface area (Å²) in [5, 5.41) is 8.46. The van der Waals surface area contributed by atoms with E-state index in [0.29, 0.717) is 24.3 Å². The third-order valence-electron chi connectivity index (χ3n) is 3.81. The molecule has 0 aliphatic carbocycles. The van der Waals surface area contributed by atoms with Gasteiger partial charge in [-0.1, -0.05) is 6.07 Å². The number of urea groups is 1. The topological polar surface area (TPSA) is 90.5 Å². The Kier molecular flexibility index (Phi) is 5.66. The van der Waals surface area contributed by atoms with Crippen molar-refractivity contribution in [2.45, 2.75) is 45.7 Å². The Balaban J connectivity index is 2.07. The molecule has 1 fully saturated rings. The SMILES string of the molecule is CC1CC(=O)NCCN1C(=O)Nc1cccc(C(=O)NC(C)(C)C)c1. The van der Waals surface area contributed by atoms with E-state index in [1.165, 1.54) is 0 Å². The fraction of sp³-hybridized carbons (Fsp3) is 0.500. The molecule has 0 radical (unpaired) electrons. The van der Waals surface area contributed by atoms with Gasteiger partial charge in [-0.3, -0.25) is 9.59 Å². The van der Waals surface area contributed by atoms with Gasteiger partial charge in [0.15, 0.2) is 0 Å². The summed E-state index contributed by atoms with van der Waals surface area (Å²) in [6.45, 7) is 8.46. The van der Waals surface area contributed by atoms with Crippen molar-refractivity contribution in [2.75, 3.05) is 18.4 Å². The molecule has 4 amide bonds. The number of carbonyl (C=O) groups is 3. The Bertz CT molecular complexity index is 667. The van der Waals surface area contributed by atoms with Gasteiger partial charge in [-0.25, -0.2) is 4.79 Å². The van der Waals surface area contributed by atoms with Crippen LogP contribution in [0.25, 0.3) is 0 Å². The predicted molar refractivity (Wildman–Crippen MR) is 96.5 cm³/mol. The van der Waals surface area contributed by atoms with Gasteiger partial charge in [0.05, 0.1) is 0 Å². The van der Waals surface area contributed by atoms with Crippen LogP contribution in [0.3, 0.4) is 0 Å². The van der Waals surface area contributed by atoms with Crippen molar-refractivity contribution in [1.82, 2.24) is 15.5 Å². The summed E-state index contributed by atoms with van der Waals surface area (Å²) in [6.07, 6.45) is 0.279. The molecule has 0 spiro atoms. The number of hydrogen-bond acceptors (Lipinski definition) is 3. The maximum atomic E-state index is 12.5. The number of hydrogen-bond donors (Lipinski definition) is 3. The number of nitrogens with one attached hydrogen (secondary N) is 3.